The van der Waals surface area contributed by atoms with Crippen molar-refractivity contribution >= 4 is 11.7 Å². The molecule has 3 rings (SSSR count). The molecular weight excluding hydrogens is 340 g/mol. The van der Waals surface area contributed by atoms with Gasteiger partial charge in [-0.05, 0) is 29.5 Å². The highest BCUT2D eigenvalue weighted by Gasteiger charge is 2.14. The third-order valence-electron chi connectivity index (χ3n) is 4.89. The van der Waals surface area contributed by atoms with Crippen LogP contribution in [0.2, 0.25) is 0 Å². The number of aromatic amines is 1. The van der Waals surface area contributed by atoms with E-state index in [2.05, 4.69) is 65.5 Å². The normalized spacial score (nSPS) is 15.7. The van der Waals surface area contributed by atoms with Crippen LogP contribution in [0.1, 0.15) is 39.2 Å². The molecular formula is C21H30N4O2. The molecule has 1 saturated heterocycles. The van der Waals surface area contributed by atoms with Gasteiger partial charge < -0.3 is 10.1 Å². The fraction of sp³-hybridized carbons (Fsp3) is 0.524. The first-order chi connectivity index (χ1) is 12.9. The number of aromatic nitrogens is 2. The summed E-state index contributed by atoms with van der Waals surface area (Å²) >= 11 is 0. The summed E-state index contributed by atoms with van der Waals surface area (Å²) in [7, 11) is 0. The van der Waals surface area contributed by atoms with Crippen LogP contribution in [0.3, 0.4) is 0 Å². The van der Waals surface area contributed by atoms with E-state index in [-0.39, 0.29) is 11.3 Å². The highest BCUT2D eigenvalue weighted by atomic mass is 16.5. The quantitative estimate of drug-likeness (QED) is 0.817. The standard InChI is InChI=1S/C21H30N4O2/c1-21(2,3)17-8-6-16(7-9-17)18-15-19(24-23-18)22-20(26)5-4-10-25-11-13-27-14-12-25/h6-9,15H,4-5,10-14H2,1-3H3,(H2,22,23,24,26). The molecule has 1 aliphatic heterocycles. The van der Waals surface area contributed by atoms with Gasteiger partial charge in [-0.2, -0.15) is 5.10 Å². The maximum Gasteiger partial charge on any atom is 0.225 e. The number of nitrogens with one attached hydrogen (secondary N) is 2. The van der Waals surface area contributed by atoms with Crippen LogP contribution in [0.5, 0.6) is 0 Å². The van der Waals surface area contributed by atoms with Crippen LogP contribution in [-0.4, -0.2) is 53.9 Å². The van der Waals surface area contributed by atoms with Crippen molar-refractivity contribution in [2.75, 3.05) is 38.2 Å². The van der Waals surface area contributed by atoms with Gasteiger partial charge in [0.05, 0.1) is 18.9 Å². The molecule has 1 aliphatic rings. The van der Waals surface area contributed by atoms with E-state index < -0.39 is 0 Å². The molecule has 0 spiro atoms. The summed E-state index contributed by atoms with van der Waals surface area (Å²) in [6, 6.07) is 10.3. The number of ether oxygens (including phenoxy) is 1. The molecule has 0 bridgehead atoms. The number of nitrogens with zero attached hydrogens (tertiary/aromatic N) is 2. The Morgan fingerprint density at radius 1 is 1.22 bits per heavy atom. The third-order valence-corrected chi connectivity index (χ3v) is 4.89. The van der Waals surface area contributed by atoms with Gasteiger partial charge in [0.2, 0.25) is 5.91 Å². The molecule has 1 amide bonds. The topological polar surface area (TPSA) is 70.2 Å². The lowest BCUT2D eigenvalue weighted by molar-refractivity contribution is -0.116. The van der Waals surface area contributed by atoms with Gasteiger partial charge in [-0.3, -0.25) is 14.8 Å². The number of benzene rings is 1. The second-order valence-corrected chi connectivity index (χ2v) is 8.10. The molecule has 0 aliphatic carbocycles. The summed E-state index contributed by atoms with van der Waals surface area (Å²) in [6.45, 7) is 11.0. The van der Waals surface area contributed by atoms with E-state index in [0.29, 0.717) is 12.2 Å². The lowest BCUT2D eigenvalue weighted by Crippen LogP contribution is -2.37. The summed E-state index contributed by atoms with van der Waals surface area (Å²) in [6.07, 6.45) is 1.34. The van der Waals surface area contributed by atoms with Crippen molar-refractivity contribution in [3.8, 4) is 11.3 Å². The average Bonchev–Trinajstić information content (AvgIpc) is 3.10. The van der Waals surface area contributed by atoms with Crippen LogP contribution in [0.25, 0.3) is 11.3 Å². The van der Waals surface area contributed by atoms with Crippen molar-refractivity contribution in [2.24, 2.45) is 0 Å². The van der Waals surface area contributed by atoms with Gasteiger partial charge in [0.25, 0.3) is 0 Å². The number of hydrogen-bond donors (Lipinski definition) is 2. The van der Waals surface area contributed by atoms with E-state index in [4.69, 9.17) is 4.74 Å². The first kappa shape index (κ1) is 19.6. The number of hydrogen-bond acceptors (Lipinski definition) is 4. The third kappa shape index (κ3) is 5.65. The largest absolute Gasteiger partial charge is 0.379 e. The van der Waals surface area contributed by atoms with Crippen LogP contribution in [-0.2, 0) is 14.9 Å². The monoisotopic (exact) mass is 370 g/mol. The minimum atomic E-state index is 0.00406. The number of rotatable bonds is 6. The molecule has 0 saturated carbocycles. The molecule has 0 unspecified atom stereocenters. The van der Waals surface area contributed by atoms with E-state index in [1.807, 2.05) is 6.07 Å². The summed E-state index contributed by atoms with van der Waals surface area (Å²) < 4.78 is 5.34. The number of morpholine rings is 1. The number of anilines is 1. The maximum atomic E-state index is 12.1. The van der Waals surface area contributed by atoms with E-state index >= 15 is 0 Å². The first-order valence-corrected chi connectivity index (χ1v) is 9.68. The lowest BCUT2D eigenvalue weighted by atomic mass is 9.86. The highest BCUT2D eigenvalue weighted by Crippen LogP contribution is 2.26. The fourth-order valence-corrected chi connectivity index (χ4v) is 3.18. The minimum absolute atomic E-state index is 0.00406. The molecule has 0 atom stereocenters. The first-order valence-electron chi connectivity index (χ1n) is 9.68. The number of carbonyl (C=O) groups excluding carboxylic acids is 1. The predicted octanol–water partition coefficient (Wildman–Crippen LogP) is 3.43. The van der Waals surface area contributed by atoms with Crippen molar-refractivity contribution in [3.05, 3.63) is 35.9 Å². The molecule has 1 aromatic carbocycles. The van der Waals surface area contributed by atoms with Crippen molar-refractivity contribution in [3.63, 3.8) is 0 Å². The van der Waals surface area contributed by atoms with E-state index in [0.717, 1.165) is 50.5 Å². The Bertz CT molecular complexity index is 740. The lowest BCUT2D eigenvalue weighted by Gasteiger charge is -2.26. The minimum Gasteiger partial charge on any atom is -0.379 e. The van der Waals surface area contributed by atoms with Gasteiger partial charge in [0.15, 0.2) is 5.82 Å². The SMILES string of the molecule is CC(C)(C)c1ccc(-c2cc(NC(=O)CCCN3CCOCC3)n[nH]2)cc1. The molecule has 6 nitrogen and oxygen atoms in total. The zero-order valence-electron chi connectivity index (χ0n) is 16.5. The zero-order valence-corrected chi connectivity index (χ0v) is 16.5. The second-order valence-electron chi connectivity index (χ2n) is 8.10. The van der Waals surface area contributed by atoms with E-state index in [9.17, 15) is 4.79 Å². The Kier molecular flexibility index (Phi) is 6.29. The molecule has 0 radical (unpaired) electrons. The zero-order chi connectivity index (χ0) is 19.3. The van der Waals surface area contributed by atoms with Crippen LogP contribution in [0, 0.1) is 0 Å². The number of amides is 1. The molecule has 2 aromatic rings. The number of H-pyrrole nitrogens is 1. The highest BCUT2D eigenvalue weighted by molar-refractivity contribution is 5.90. The van der Waals surface area contributed by atoms with Gasteiger partial charge in [0, 0.05) is 25.6 Å². The molecule has 2 heterocycles. The van der Waals surface area contributed by atoms with E-state index in [1.54, 1.807) is 0 Å². The maximum absolute atomic E-state index is 12.1. The Morgan fingerprint density at radius 3 is 2.59 bits per heavy atom. The Morgan fingerprint density at radius 2 is 1.93 bits per heavy atom. The van der Waals surface area contributed by atoms with Gasteiger partial charge in [0.1, 0.15) is 0 Å². The summed E-state index contributed by atoms with van der Waals surface area (Å²) in [5, 5.41) is 10.1. The van der Waals surface area contributed by atoms with Crippen molar-refractivity contribution in [1.29, 1.82) is 0 Å². The second kappa shape index (κ2) is 8.67. The van der Waals surface area contributed by atoms with Gasteiger partial charge in [-0.15, -0.1) is 0 Å². The summed E-state index contributed by atoms with van der Waals surface area (Å²) in [5.41, 5.74) is 3.38. The average molecular weight is 370 g/mol. The Labute approximate surface area is 161 Å². The summed E-state index contributed by atoms with van der Waals surface area (Å²) in [5.74, 6) is 0.575. The molecule has 2 N–H and O–H groups in total. The summed E-state index contributed by atoms with van der Waals surface area (Å²) in [4.78, 5) is 14.5. The molecule has 6 heteroatoms. The van der Waals surface area contributed by atoms with Gasteiger partial charge in [-0.25, -0.2) is 0 Å². The van der Waals surface area contributed by atoms with Crippen molar-refractivity contribution in [2.45, 2.75) is 39.0 Å². The fourth-order valence-electron chi connectivity index (χ4n) is 3.18. The van der Waals surface area contributed by atoms with Crippen molar-refractivity contribution in [1.82, 2.24) is 15.1 Å². The van der Waals surface area contributed by atoms with Crippen molar-refractivity contribution < 1.29 is 9.53 Å². The Hall–Kier alpha value is -2.18. The van der Waals surface area contributed by atoms with Gasteiger partial charge >= 0.3 is 0 Å². The van der Waals surface area contributed by atoms with Crippen LogP contribution >= 0.6 is 0 Å². The predicted molar refractivity (Wildman–Crippen MR) is 108 cm³/mol. The van der Waals surface area contributed by atoms with Crippen LogP contribution in [0.4, 0.5) is 5.82 Å². The number of carbonyl (C=O) groups is 1. The van der Waals surface area contributed by atoms with Gasteiger partial charge in [-0.1, -0.05) is 45.0 Å². The molecule has 1 fully saturated rings. The van der Waals surface area contributed by atoms with Crippen LogP contribution in [0.15, 0.2) is 30.3 Å². The Balaban J connectivity index is 1.49. The smallest absolute Gasteiger partial charge is 0.225 e. The molecule has 1 aromatic heterocycles. The van der Waals surface area contributed by atoms with Crippen LogP contribution < -0.4 is 5.32 Å². The molecule has 146 valence electrons. The van der Waals surface area contributed by atoms with E-state index in [1.165, 1.54) is 5.56 Å². The molecule has 27 heavy (non-hydrogen) atoms.